The molecule has 1 fully saturated rings. The number of non-ortho nitro benzene ring substituents is 1. The second-order valence-electron chi connectivity index (χ2n) is 4.76. The van der Waals surface area contributed by atoms with E-state index in [1.165, 1.54) is 5.56 Å². The van der Waals surface area contributed by atoms with Crippen LogP contribution in [-0.4, -0.2) is 23.0 Å². The summed E-state index contributed by atoms with van der Waals surface area (Å²) in [4.78, 5) is 13.5. The van der Waals surface area contributed by atoms with Gasteiger partial charge in [0.1, 0.15) is 0 Å². The Hall–Kier alpha value is -1.88. The fourth-order valence-corrected chi connectivity index (χ4v) is 2.72. The molecule has 1 aliphatic rings. The summed E-state index contributed by atoms with van der Waals surface area (Å²) in [5.41, 5.74) is 2.29. The van der Waals surface area contributed by atoms with Crippen LogP contribution in [-0.2, 0) is 0 Å². The monoisotopic (exact) mass is 245 g/mol. The topological polar surface area (TPSA) is 71.0 Å². The molecule has 0 radical (unpaired) electrons. The molecule has 0 aliphatic carbocycles. The maximum Gasteiger partial charge on any atom is 0.271 e. The fraction of sp³-hybridized carbons (Fsp3) is 0.385. The molecule has 0 amide bonds. The van der Waals surface area contributed by atoms with E-state index in [-0.39, 0.29) is 10.6 Å². The average molecular weight is 245 g/mol. The molecule has 0 atom stereocenters. The lowest BCUT2D eigenvalue weighted by molar-refractivity contribution is -0.384. The zero-order chi connectivity index (χ0) is 12.5. The predicted octanol–water partition coefficient (Wildman–Crippen LogP) is 2.54. The Morgan fingerprint density at radius 1 is 1.28 bits per heavy atom. The third-order valence-corrected chi connectivity index (χ3v) is 3.69. The Labute approximate surface area is 104 Å². The van der Waals surface area contributed by atoms with Crippen LogP contribution in [0, 0.1) is 10.1 Å². The minimum absolute atomic E-state index is 0.140. The van der Waals surface area contributed by atoms with Crippen LogP contribution < -0.4 is 5.32 Å². The molecule has 3 rings (SSSR count). The van der Waals surface area contributed by atoms with Crippen LogP contribution in [0.4, 0.5) is 5.69 Å². The Bertz CT molecular complexity index is 585. The molecule has 1 aromatic heterocycles. The number of nitrogens with one attached hydrogen (secondary N) is 2. The number of benzene rings is 1. The minimum atomic E-state index is -0.357. The van der Waals surface area contributed by atoms with Crippen molar-refractivity contribution in [3.05, 3.63) is 40.1 Å². The van der Waals surface area contributed by atoms with Crippen molar-refractivity contribution in [3.8, 4) is 0 Å². The number of aromatic nitrogens is 1. The molecular weight excluding hydrogens is 230 g/mol. The molecule has 2 N–H and O–H groups in total. The molecule has 1 saturated heterocycles. The van der Waals surface area contributed by atoms with Gasteiger partial charge in [-0.15, -0.1) is 0 Å². The molecule has 2 heterocycles. The largest absolute Gasteiger partial charge is 0.361 e. The Kier molecular flexibility index (Phi) is 2.76. The van der Waals surface area contributed by atoms with E-state index >= 15 is 0 Å². The maximum absolute atomic E-state index is 10.7. The zero-order valence-electron chi connectivity index (χ0n) is 9.98. The third-order valence-electron chi connectivity index (χ3n) is 3.69. The van der Waals surface area contributed by atoms with Crippen LogP contribution in [0.25, 0.3) is 10.9 Å². The van der Waals surface area contributed by atoms with Gasteiger partial charge in [-0.25, -0.2) is 0 Å². The second kappa shape index (κ2) is 4.42. The van der Waals surface area contributed by atoms with Gasteiger partial charge in [0.05, 0.1) is 10.4 Å². The SMILES string of the molecule is O=[N+]([O-])c1ccc2c(C3CCNCC3)c[nH]c2c1. The molecule has 5 nitrogen and oxygen atoms in total. The number of nitro benzene ring substituents is 1. The van der Waals surface area contributed by atoms with Crippen LogP contribution in [0.15, 0.2) is 24.4 Å². The first-order chi connectivity index (χ1) is 8.75. The van der Waals surface area contributed by atoms with Gasteiger partial charge in [0.15, 0.2) is 0 Å². The van der Waals surface area contributed by atoms with Crippen molar-refractivity contribution in [1.29, 1.82) is 0 Å². The van der Waals surface area contributed by atoms with Gasteiger partial charge in [-0.2, -0.15) is 0 Å². The summed E-state index contributed by atoms with van der Waals surface area (Å²) >= 11 is 0. The van der Waals surface area contributed by atoms with Crippen LogP contribution in [0.5, 0.6) is 0 Å². The van der Waals surface area contributed by atoms with E-state index in [1.807, 2.05) is 12.3 Å². The van der Waals surface area contributed by atoms with E-state index in [0.29, 0.717) is 5.92 Å². The van der Waals surface area contributed by atoms with Crippen LogP contribution in [0.2, 0.25) is 0 Å². The van der Waals surface area contributed by atoms with Crippen molar-refractivity contribution in [1.82, 2.24) is 10.3 Å². The number of piperidine rings is 1. The van der Waals surface area contributed by atoms with E-state index in [0.717, 1.165) is 36.8 Å². The molecule has 0 spiro atoms. The lowest BCUT2D eigenvalue weighted by Gasteiger charge is -2.22. The lowest BCUT2D eigenvalue weighted by atomic mass is 9.90. The van der Waals surface area contributed by atoms with Crippen LogP contribution >= 0.6 is 0 Å². The van der Waals surface area contributed by atoms with Crippen LogP contribution in [0.3, 0.4) is 0 Å². The molecule has 2 aromatic rings. The molecule has 1 aromatic carbocycles. The van der Waals surface area contributed by atoms with E-state index < -0.39 is 0 Å². The predicted molar refractivity (Wildman–Crippen MR) is 69.8 cm³/mol. The zero-order valence-corrected chi connectivity index (χ0v) is 9.98. The van der Waals surface area contributed by atoms with Gasteiger partial charge in [-0.1, -0.05) is 0 Å². The normalized spacial score (nSPS) is 17.1. The summed E-state index contributed by atoms with van der Waals surface area (Å²) < 4.78 is 0. The summed E-state index contributed by atoms with van der Waals surface area (Å²) in [6, 6.07) is 5.06. The molecule has 18 heavy (non-hydrogen) atoms. The highest BCUT2D eigenvalue weighted by Gasteiger charge is 2.19. The molecule has 0 unspecified atom stereocenters. The average Bonchev–Trinajstić information content (AvgIpc) is 2.82. The Balaban J connectivity index is 2.01. The second-order valence-corrected chi connectivity index (χ2v) is 4.76. The number of fused-ring (bicyclic) bond motifs is 1. The summed E-state index contributed by atoms with van der Waals surface area (Å²) in [7, 11) is 0. The molecule has 0 saturated carbocycles. The Morgan fingerprint density at radius 3 is 2.78 bits per heavy atom. The number of nitrogens with zero attached hydrogens (tertiary/aromatic N) is 1. The van der Waals surface area contributed by atoms with Crippen LogP contribution in [0.1, 0.15) is 24.3 Å². The quantitative estimate of drug-likeness (QED) is 0.631. The van der Waals surface area contributed by atoms with E-state index in [4.69, 9.17) is 0 Å². The van der Waals surface area contributed by atoms with Crippen molar-refractivity contribution in [3.63, 3.8) is 0 Å². The van der Waals surface area contributed by atoms with Crippen molar-refractivity contribution < 1.29 is 4.92 Å². The molecule has 5 heteroatoms. The van der Waals surface area contributed by atoms with Gasteiger partial charge < -0.3 is 10.3 Å². The highest BCUT2D eigenvalue weighted by Crippen LogP contribution is 2.32. The van der Waals surface area contributed by atoms with Gasteiger partial charge in [-0.3, -0.25) is 10.1 Å². The van der Waals surface area contributed by atoms with E-state index in [1.54, 1.807) is 12.1 Å². The first-order valence-electron chi connectivity index (χ1n) is 6.22. The van der Waals surface area contributed by atoms with Crippen molar-refractivity contribution >= 4 is 16.6 Å². The smallest absolute Gasteiger partial charge is 0.271 e. The van der Waals surface area contributed by atoms with E-state index in [9.17, 15) is 10.1 Å². The summed E-state index contributed by atoms with van der Waals surface area (Å²) in [5.74, 6) is 0.557. The number of hydrogen-bond donors (Lipinski definition) is 2. The summed E-state index contributed by atoms with van der Waals surface area (Å²) in [5, 5.41) is 15.2. The highest BCUT2D eigenvalue weighted by molar-refractivity contribution is 5.85. The molecule has 1 aliphatic heterocycles. The third kappa shape index (κ3) is 1.86. The Morgan fingerprint density at radius 2 is 2.06 bits per heavy atom. The highest BCUT2D eigenvalue weighted by atomic mass is 16.6. The number of aromatic amines is 1. The molecule has 0 bridgehead atoms. The van der Waals surface area contributed by atoms with E-state index in [2.05, 4.69) is 10.3 Å². The van der Waals surface area contributed by atoms with Crippen molar-refractivity contribution in [2.24, 2.45) is 0 Å². The molecule has 94 valence electrons. The number of nitro groups is 1. The van der Waals surface area contributed by atoms with Gasteiger partial charge >= 0.3 is 0 Å². The molecular formula is C13H15N3O2. The first kappa shape index (κ1) is 11.2. The first-order valence-corrected chi connectivity index (χ1v) is 6.22. The van der Waals surface area contributed by atoms with Gasteiger partial charge in [0.25, 0.3) is 5.69 Å². The van der Waals surface area contributed by atoms with Crippen molar-refractivity contribution in [2.75, 3.05) is 13.1 Å². The maximum atomic E-state index is 10.7. The fourth-order valence-electron chi connectivity index (χ4n) is 2.72. The summed E-state index contributed by atoms with van der Waals surface area (Å²) in [6.45, 7) is 2.09. The summed E-state index contributed by atoms with van der Waals surface area (Å²) in [6.07, 6.45) is 4.26. The van der Waals surface area contributed by atoms with Gasteiger partial charge in [-0.05, 0) is 43.5 Å². The lowest BCUT2D eigenvalue weighted by Crippen LogP contribution is -2.26. The minimum Gasteiger partial charge on any atom is -0.361 e. The number of rotatable bonds is 2. The number of hydrogen-bond acceptors (Lipinski definition) is 3. The number of H-pyrrole nitrogens is 1. The van der Waals surface area contributed by atoms with Gasteiger partial charge in [0, 0.05) is 23.7 Å². The van der Waals surface area contributed by atoms with Gasteiger partial charge in [0.2, 0.25) is 0 Å². The standard InChI is InChI=1S/C13H15N3O2/c17-16(18)10-1-2-11-12(8-15-13(11)7-10)9-3-5-14-6-4-9/h1-2,7-9,14-15H,3-6H2. The van der Waals surface area contributed by atoms with Crippen molar-refractivity contribution in [2.45, 2.75) is 18.8 Å².